The van der Waals surface area contributed by atoms with Crippen LogP contribution in [-0.2, 0) is 23.9 Å². The zero-order valence-corrected chi connectivity index (χ0v) is 25.4. The van der Waals surface area contributed by atoms with Crippen molar-refractivity contribution in [2.75, 3.05) is 19.8 Å². The number of amides is 4. The number of likely N-dealkylation sites (tertiary alicyclic amines) is 1. The van der Waals surface area contributed by atoms with Crippen molar-refractivity contribution in [3.63, 3.8) is 0 Å². The Balaban J connectivity index is 1.65. The van der Waals surface area contributed by atoms with Crippen molar-refractivity contribution in [1.29, 1.82) is 0 Å². The molecule has 2 aliphatic heterocycles. The topological polar surface area (TPSA) is 161 Å². The molecule has 0 bridgehead atoms. The number of carbonyl (C=O) groups is 5. The van der Waals surface area contributed by atoms with Gasteiger partial charge < -0.3 is 26.0 Å². The van der Waals surface area contributed by atoms with Crippen LogP contribution >= 0.6 is 0 Å². The summed E-state index contributed by atoms with van der Waals surface area (Å²) in [6.45, 7) is 11.1. The number of rotatable bonds is 11. The molecule has 1 aromatic rings. The van der Waals surface area contributed by atoms with E-state index in [2.05, 4.69) is 29.5 Å². The largest absolute Gasteiger partial charge is 0.381 e. The monoisotopic (exact) mass is 583 g/mol. The van der Waals surface area contributed by atoms with E-state index in [-0.39, 0.29) is 29.4 Å². The summed E-state index contributed by atoms with van der Waals surface area (Å²) in [6, 6.07) is 2.07. The van der Waals surface area contributed by atoms with Crippen molar-refractivity contribution in [1.82, 2.24) is 20.5 Å². The summed E-state index contributed by atoms with van der Waals surface area (Å²) in [4.78, 5) is 71.8. The first kappa shape index (κ1) is 31.6. The van der Waals surface area contributed by atoms with Crippen LogP contribution in [-0.4, -0.2) is 77.2 Å². The first-order chi connectivity index (χ1) is 19.7. The van der Waals surface area contributed by atoms with Gasteiger partial charge in [0.05, 0.1) is 19.3 Å². The molecule has 0 spiro atoms. The summed E-state index contributed by atoms with van der Waals surface area (Å²) < 4.78 is 5.54. The molecule has 2 saturated heterocycles. The van der Waals surface area contributed by atoms with E-state index in [0.29, 0.717) is 32.6 Å². The van der Waals surface area contributed by atoms with E-state index in [1.165, 1.54) is 6.20 Å². The van der Waals surface area contributed by atoms with Crippen molar-refractivity contribution in [3.8, 4) is 0 Å². The summed E-state index contributed by atoms with van der Waals surface area (Å²) in [6.07, 6.45) is 5.11. The molecule has 4 N–H and O–H groups in total. The van der Waals surface area contributed by atoms with Crippen LogP contribution in [0.4, 0.5) is 0 Å². The third kappa shape index (κ3) is 6.50. The summed E-state index contributed by atoms with van der Waals surface area (Å²) in [5, 5.41) is 5.68. The summed E-state index contributed by atoms with van der Waals surface area (Å²) in [5.74, 6) is -2.78. The lowest BCUT2D eigenvalue weighted by Gasteiger charge is -2.45. The van der Waals surface area contributed by atoms with Gasteiger partial charge >= 0.3 is 0 Å². The van der Waals surface area contributed by atoms with Gasteiger partial charge in [-0.05, 0) is 47.6 Å². The average Bonchev–Trinajstić information content (AvgIpc) is 3.28. The summed E-state index contributed by atoms with van der Waals surface area (Å²) in [7, 11) is 0. The van der Waals surface area contributed by atoms with Crippen LogP contribution < -0.4 is 16.4 Å². The maximum absolute atomic E-state index is 14.4. The zero-order valence-electron chi connectivity index (χ0n) is 25.4. The number of nitrogens with zero attached hydrogens (tertiary/aromatic N) is 2. The van der Waals surface area contributed by atoms with E-state index < -0.39 is 52.5 Å². The van der Waals surface area contributed by atoms with E-state index >= 15 is 0 Å². The SMILES string of the molecule is CC(C)[C@@]1(C2COC2)C[C@@H](C(=O)NC(CC2CCC2)C(=O)C(N)=O)N(C(=O)[C@@H](NC(=O)c2ccccn2)C(C)(C)C)C1. The number of hydrogen-bond donors (Lipinski definition) is 3. The van der Waals surface area contributed by atoms with Gasteiger partial charge in [0.15, 0.2) is 0 Å². The third-order valence-corrected chi connectivity index (χ3v) is 9.56. The highest BCUT2D eigenvalue weighted by Crippen LogP contribution is 2.50. The van der Waals surface area contributed by atoms with Crippen LogP contribution in [0.15, 0.2) is 24.4 Å². The highest BCUT2D eigenvalue weighted by molar-refractivity contribution is 6.37. The Morgan fingerprint density at radius 3 is 2.29 bits per heavy atom. The Morgan fingerprint density at radius 1 is 1.12 bits per heavy atom. The standard InChI is InChI=1S/C31H45N5O6/c1-18(2)31(20-15-42-16-20)14-23(28(40)34-22(24(37)26(32)38)13-19-9-8-10-19)36(17-31)29(41)25(30(3,4)5)35-27(39)21-11-6-7-12-33-21/h6-7,11-12,18-20,22-23,25H,8-10,13-17H2,1-5H3,(H2,32,38)(H,34,40)(H,35,39)/t22?,23-,25+,31+/m0/s1. The van der Waals surface area contributed by atoms with Crippen LogP contribution in [0.2, 0.25) is 0 Å². The molecule has 4 rings (SSSR count). The number of primary amides is 1. The molecule has 11 heteroatoms. The highest BCUT2D eigenvalue weighted by Gasteiger charge is 2.57. The molecular weight excluding hydrogens is 538 g/mol. The summed E-state index contributed by atoms with van der Waals surface area (Å²) >= 11 is 0. The predicted molar refractivity (Wildman–Crippen MR) is 155 cm³/mol. The Kier molecular flexibility index (Phi) is 9.39. The van der Waals surface area contributed by atoms with Gasteiger partial charge in [0.2, 0.25) is 17.6 Å². The maximum atomic E-state index is 14.4. The molecule has 3 fully saturated rings. The molecular formula is C31H45N5O6. The van der Waals surface area contributed by atoms with E-state index in [9.17, 15) is 24.0 Å². The molecule has 1 aliphatic carbocycles. The molecule has 230 valence electrons. The lowest BCUT2D eigenvalue weighted by molar-refractivity contribution is -0.144. The van der Waals surface area contributed by atoms with Gasteiger partial charge in [0, 0.05) is 18.7 Å². The van der Waals surface area contributed by atoms with Crippen molar-refractivity contribution < 1.29 is 28.7 Å². The van der Waals surface area contributed by atoms with Crippen molar-refractivity contribution in [2.45, 2.75) is 84.8 Å². The van der Waals surface area contributed by atoms with Crippen LogP contribution in [0.25, 0.3) is 0 Å². The fourth-order valence-corrected chi connectivity index (χ4v) is 6.43. The Hall–Kier alpha value is -3.34. The van der Waals surface area contributed by atoms with Crippen LogP contribution in [0.1, 0.15) is 77.2 Å². The van der Waals surface area contributed by atoms with Crippen LogP contribution in [0.5, 0.6) is 0 Å². The molecule has 0 radical (unpaired) electrons. The Bertz CT molecular complexity index is 1190. The van der Waals surface area contributed by atoms with Gasteiger partial charge in [-0.2, -0.15) is 0 Å². The molecule has 42 heavy (non-hydrogen) atoms. The number of aromatic nitrogens is 1. The normalized spacial score (nSPS) is 24.3. The number of pyridine rings is 1. The minimum absolute atomic E-state index is 0.119. The number of nitrogens with two attached hydrogens (primary N) is 1. The van der Waals surface area contributed by atoms with E-state index in [1.54, 1.807) is 23.1 Å². The van der Waals surface area contributed by atoms with Crippen molar-refractivity contribution in [2.24, 2.45) is 34.3 Å². The van der Waals surface area contributed by atoms with Gasteiger partial charge in [-0.3, -0.25) is 29.0 Å². The lowest BCUT2D eigenvalue weighted by atomic mass is 9.65. The van der Waals surface area contributed by atoms with Crippen LogP contribution in [0.3, 0.4) is 0 Å². The van der Waals surface area contributed by atoms with Gasteiger partial charge in [0.25, 0.3) is 11.8 Å². The van der Waals surface area contributed by atoms with Gasteiger partial charge in [-0.25, -0.2) is 0 Å². The molecule has 1 unspecified atom stereocenters. The summed E-state index contributed by atoms with van der Waals surface area (Å²) in [5.41, 5.74) is 4.43. The van der Waals surface area contributed by atoms with Crippen molar-refractivity contribution in [3.05, 3.63) is 30.1 Å². The molecule has 11 nitrogen and oxygen atoms in total. The fraction of sp³-hybridized carbons (Fsp3) is 0.677. The van der Waals surface area contributed by atoms with E-state index in [0.717, 1.165) is 19.3 Å². The smallest absolute Gasteiger partial charge is 0.287 e. The molecule has 4 atom stereocenters. The van der Waals surface area contributed by atoms with Crippen molar-refractivity contribution >= 4 is 29.4 Å². The number of nitrogens with one attached hydrogen (secondary N) is 2. The first-order valence-electron chi connectivity index (χ1n) is 15.0. The molecule has 0 aromatic carbocycles. The third-order valence-electron chi connectivity index (χ3n) is 9.56. The predicted octanol–water partition coefficient (Wildman–Crippen LogP) is 1.85. The first-order valence-corrected chi connectivity index (χ1v) is 15.0. The molecule has 1 saturated carbocycles. The second-order valence-electron chi connectivity index (χ2n) is 13.6. The number of carbonyl (C=O) groups excluding carboxylic acids is 5. The van der Waals surface area contributed by atoms with Gasteiger partial charge in [0.1, 0.15) is 17.8 Å². The second-order valence-corrected chi connectivity index (χ2v) is 13.6. The van der Waals surface area contributed by atoms with Crippen LogP contribution in [0, 0.1) is 28.6 Å². The Morgan fingerprint density at radius 2 is 1.81 bits per heavy atom. The maximum Gasteiger partial charge on any atom is 0.287 e. The highest BCUT2D eigenvalue weighted by atomic mass is 16.5. The van der Waals surface area contributed by atoms with E-state index in [4.69, 9.17) is 10.5 Å². The number of ketones is 1. The number of hydrogen-bond acceptors (Lipinski definition) is 7. The Labute approximate surface area is 247 Å². The van der Waals surface area contributed by atoms with Gasteiger partial charge in [-0.15, -0.1) is 0 Å². The zero-order chi connectivity index (χ0) is 30.8. The minimum atomic E-state index is -1.09. The molecule has 1 aromatic heterocycles. The molecule has 3 aliphatic rings. The molecule has 3 heterocycles. The number of ether oxygens (including phenoxy) is 1. The molecule has 4 amide bonds. The number of Topliss-reactive ketones (excluding diaryl/α,β-unsaturated/α-hetero) is 1. The van der Waals surface area contributed by atoms with Gasteiger partial charge in [-0.1, -0.05) is 59.9 Å². The minimum Gasteiger partial charge on any atom is -0.381 e. The fourth-order valence-electron chi connectivity index (χ4n) is 6.43. The van der Waals surface area contributed by atoms with E-state index in [1.807, 2.05) is 20.8 Å². The second kappa shape index (κ2) is 12.5. The quantitative estimate of drug-likeness (QED) is 0.335. The lowest BCUT2D eigenvalue weighted by Crippen LogP contribution is -2.59. The average molecular weight is 584 g/mol.